The number of aryl methyl sites for hydroxylation is 1. The van der Waals surface area contributed by atoms with E-state index in [0.29, 0.717) is 5.92 Å². The Morgan fingerprint density at radius 1 is 0.556 bits per heavy atom. The average Bonchev–Trinajstić information content (AvgIpc) is 3.63. The highest BCUT2D eigenvalue weighted by Gasteiger charge is 2.36. The number of anilines is 3. The van der Waals surface area contributed by atoms with E-state index in [1.165, 1.54) is 72.0 Å². The fourth-order valence-electron chi connectivity index (χ4n) is 9.03. The maximum absolute atomic E-state index is 2.48. The summed E-state index contributed by atoms with van der Waals surface area (Å²) >= 11 is 0. The molecule has 8 aromatic rings. The van der Waals surface area contributed by atoms with Gasteiger partial charge in [0.1, 0.15) is 0 Å². The standard InChI is InChI=1S/C52H48N2/c1-34(2)51(4,5)50-35(3)22-31-47-49(50)44-30-28-41(33-48(44)54(47)38-18-12-9-13-19-38)53(39-25-23-37(24-26-39)36-16-10-8-11-17-36)40-27-29-43-42-20-14-15-21-45(42)52(6,7)46(43)32-40/h8-34H,1-7H3. The van der Waals surface area contributed by atoms with Crippen molar-refractivity contribution in [3.8, 4) is 27.9 Å². The van der Waals surface area contributed by atoms with Gasteiger partial charge in [-0.05, 0) is 117 Å². The summed E-state index contributed by atoms with van der Waals surface area (Å²) in [5.41, 5.74) is 17.6. The molecule has 2 heteroatoms. The van der Waals surface area contributed by atoms with Crippen LogP contribution in [-0.2, 0) is 10.8 Å². The van der Waals surface area contributed by atoms with Gasteiger partial charge in [0.15, 0.2) is 0 Å². The second-order valence-electron chi connectivity index (χ2n) is 16.5. The summed E-state index contributed by atoms with van der Waals surface area (Å²) in [5.74, 6) is 0.473. The van der Waals surface area contributed by atoms with Gasteiger partial charge in [-0.3, -0.25) is 0 Å². The molecular formula is C52H48N2. The number of fused-ring (bicyclic) bond motifs is 6. The Morgan fingerprint density at radius 2 is 1.15 bits per heavy atom. The Labute approximate surface area is 320 Å². The van der Waals surface area contributed by atoms with Crippen molar-refractivity contribution in [1.82, 2.24) is 4.57 Å². The molecule has 0 saturated heterocycles. The second kappa shape index (κ2) is 12.6. The lowest BCUT2D eigenvalue weighted by atomic mass is 9.72. The fourth-order valence-corrected chi connectivity index (χ4v) is 9.03. The van der Waals surface area contributed by atoms with Crippen molar-refractivity contribution >= 4 is 38.9 Å². The Balaban J connectivity index is 1.30. The van der Waals surface area contributed by atoms with Gasteiger partial charge in [0.2, 0.25) is 0 Å². The molecule has 1 heterocycles. The summed E-state index contributed by atoms with van der Waals surface area (Å²) in [6.07, 6.45) is 0. The number of rotatable bonds is 7. The normalized spacial score (nSPS) is 13.4. The van der Waals surface area contributed by atoms with Crippen molar-refractivity contribution in [3.05, 3.63) is 180 Å². The van der Waals surface area contributed by atoms with Crippen LogP contribution in [0.15, 0.2) is 158 Å². The molecule has 1 aromatic heterocycles. The predicted octanol–water partition coefficient (Wildman–Crippen LogP) is 14.5. The van der Waals surface area contributed by atoms with Crippen LogP contribution in [0, 0.1) is 12.8 Å². The molecule has 7 aromatic carbocycles. The molecule has 0 saturated carbocycles. The van der Waals surface area contributed by atoms with E-state index in [0.717, 1.165) is 17.1 Å². The van der Waals surface area contributed by atoms with E-state index in [-0.39, 0.29) is 10.8 Å². The van der Waals surface area contributed by atoms with Crippen LogP contribution in [-0.4, -0.2) is 4.57 Å². The summed E-state index contributed by atoms with van der Waals surface area (Å²) in [5, 5.41) is 2.64. The molecule has 0 radical (unpaired) electrons. The first-order chi connectivity index (χ1) is 26.1. The first-order valence-electron chi connectivity index (χ1n) is 19.4. The van der Waals surface area contributed by atoms with E-state index < -0.39 is 0 Å². The number of benzene rings is 7. The Morgan fingerprint density at radius 3 is 1.87 bits per heavy atom. The van der Waals surface area contributed by atoms with Crippen molar-refractivity contribution in [2.45, 2.75) is 59.3 Å². The summed E-state index contributed by atoms with van der Waals surface area (Å²) in [6, 6.07) is 58.4. The summed E-state index contributed by atoms with van der Waals surface area (Å²) < 4.78 is 2.48. The minimum absolute atomic E-state index is 0.0145. The molecule has 1 aliphatic carbocycles. The van der Waals surface area contributed by atoms with Crippen LogP contribution >= 0.6 is 0 Å². The predicted molar refractivity (Wildman–Crippen MR) is 231 cm³/mol. The summed E-state index contributed by atoms with van der Waals surface area (Å²) in [7, 11) is 0. The topological polar surface area (TPSA) is 8.17 Å². The van der Waals surface area contributed by atoms with E-state index in [1.807, 2.05) is 0 Å². The monoisotopic (exact) mass is 700 g/mol. The van der Waals surface area contributed by atoms with E-state index in [1.54, 1.807) is 0 Å². The van der Waals surface area contributed by atoms with Crippen molar-refractivity contribution in [2.75, 3.05) is 4.90 Å². The zero-order chi connectivity index (χ0) is 37.4. The molecule has 0 spiro atoms. The lowest BCUT2D eigenvalue weighted by Gasteiger charge is -2.32. The molecule has 0 unspecified atom stereocenters. The van der Waals surface area contributed by atoms with Crippen LogP contribution in [0.5, 0.6) is 0 Å². The quantitative estimate of drug-likeness (QED) is 0.161. The molecule has 1 aliphatic rings. The smallest absolute Gasteiger partial charge is 0.0562 e. The molecule has 9 rings (SSSR count). The van der Waals surface area contributed by atoms with E-state index in [4.69, 9.17) is 0 Å². The molecule has 0 amide bonds. The summed E-state index contributed by atoms with van der Waals surface area (Å²) in [6.45, 7) is 16.5. The lowest BCUT2D eigenvalue weighted by Crippen LogP contribution is -2.25. The molecule has 2 nitrogen and oxygen atoms in total. The maximum Gasteiger partial charge on any atom is 0.0562 e. The third-order valence-electron chi connectivity index (χ3n) is 12.5. The van der Waals surface area contributed by atoms with Crippen LogP contribution in [0.2, 0.25) is 0 Å². The first kappa shape index (κ1) is 33.9. The number of nitrogens with zero attached hydrogens (tertiary/aromatic N) is 2. The number of hydrogen-bond donors (Lipinski definition) is 0. The molecule has 0 atom stereocenters. The SMILES string of the molecule is Cc1ccc2c(c1C(C)(C)C(C)C)c1ccc(N(c3ccc(-c4ccccc4)cc3)c3ccc4c(c3)C(C)(C)c3ccccc3-4)cc1n2-c1ccccc1. The largest absolute Gasteiger partial charge is 0.310 e. The van der Waals surface area contributed by atoms with Gasteiger partial charge < -0.3 is 9.47 Å². The van der Waals surface area contributed by atoms with Crippen molar-refractivity contribution in [2.24, 2.45) is 5.92 Å². The van der Waals surface area contributed by atoms with Crippen LogP contribution in [0.3, 0.4) is 0 Å². The van der Waals surface area contributed by atoms with Gasteiger partial charge >= 0.3 is 0 Å². The minimum atomic E-state index is -0.105. The Bertz CT molecular complexity index is 2680. The molecule has 54 heavy (non-hydrogen) atoms. The van der Waals surface area contributed by atoms with Gasteiger partial charge in [0.25, 0.3) is 0 Å². The van der Waals surface area contributed by atoms with Crippen LogP contribution in [0.25, 0.3) is 49.7 Å². The number of aromatic nitrogens is 1. The van der Waals surface area contributed by atoms with Gasteiger partial charge in [-0.15, -0.1) is 0 Å². The maximum atomic E-state index is 2.48. The van der Waals surface area contributed by atoms with E-state index in [2.05, 4.69) is 216 Å². The lowest BCUT2D eigenvalue weighted by molar-refractivity contribution is 0.373. The average molecular weight is 701 g/mol. The molecule has 0 N–H and O–H groups in total. The van der Waals surface area contributed by atoms with Gasteiger partial charge in [0, 0.05) is 38.9 Å². The highest BCUT2D eigenvalue weighted by Crippen LogP contribution is 2.51. The molecule has 0 aliphatic heterocycles. The molecule has 0 fully saturated rings. The number of para-hydroxylation sites is 1. The van der Waals surface area contributed by atoms with Crippen LogP contribution in [0.1, 0.15) is 63.8 Å². The highest BCUT2D eigenvalue weighted by molar-refractivity contribution is 6.12. The minimum Gasteiger partial charge on any atom is -0.310 e. The van der Waals surface area contributed by atoms with Crippen LogP contribution in [0.4, 0.5) is 17.1 Å². The van der Waals surface area contributed by atoms with E-state index in [9.17, 15) is 0 Å². The van der Waals surface area contributed by atoms with Gasteiger partial charge in [-0.25, -0.2) is 0 Å². The zero-order valence-electron chi connectivity index (χ0n) is 32.5. The third-order valence-corrected chi connectivity index (χ3v) is 12.5. The van der Waals surface area contributed by atoms with Crippen molar-refractivity contribution in [3.63, 3.8) is 0 Å². The third kappa shape index (κ3) is 5.22. The molecular weight excluding hydrogens is 653 g/mol. The van der Waals surface area contributed by atoms with Crippen LogP contribution < -0.4 is 4.90 Å². The second-order valence-corrected chi connectivity index (χ2v) is 16.5. The first-order valence-corrected chi connectivity index (χ1v) is 19.4. The number of hydrogen-bond acceptors (Lipinski definition) is 1. The Kier molecular flexibility index (Phi) is 7.94. The van der Waals surface area contributed by atoms with Crippen molar-refractivity contribution < 1.29 is 0 Å². The highest BCUT2D eigenvalue weighted by atomic mass is 15.1. The molecule has 266 valence electrons. The Hall–Kier alpha value is -5.86. The van der Waals surface area contributed by atoms with Gasteiger partial charge in [-0.2, -0.15) is 0 Å². The fraction of sp³-hybridized carbons (Fsp3) is 0.192. The summed E-state index contributed by atoms with van der Waals surface area (Å²) in [4.78, 5) is 2.45. The van der Waals surface area contributed by atoms with Crippen molar-refractivity contribution in [1.29, 1.82) is 0 Å². The molecule has 0 bridgehead atoms. The van der Waals surface area contributed by atoms with E-state index >= 15 is 0 Å². The van der Waals surface area contributed by atoms with Gasteiger partial charge in [0.05, 0.1) is 11.0 Å². The van der Waals surface area contributed by atoms with Gasteiger partial charge in [-0.1, -0.05) is 145 Å². The zero-order valence-corrected chi connectivity index (χ0v) is 32.5.